The minimum absolute atomic E-state index is 0.130. The molecule has 0 fully saturated rings. The minimum atomic E-state index is -0.130. The van der Waals surface area contributed by atoms with E-state index in [1.807, 2.05) is 54.0 Å². The van der Waals surface area contributed by atoms with Crippen molar-refractivity contribution < 1.29 is 4.79 Å². The zero-order valence-electron chi connectivity index (χ0n) is 13.8. The Morgan fingerprint density at radius 1 is 1.19 bits per heavy atom. The number of aromatic nitrogens is 5. The zero-order chi connectivity index (χ0) is 17.9. The van der Waals surface area contributed by atoms with Gasteiger partial charge in [0, 0.05) is 0 Å². The molecule has 2 aromatic heterocycles. The topological polar surface area (TPSA) is 85.6 Å². The maximum atomic E-state index is 12.4. The zero-order valence-corrected chi connectivity index (χ0v) is 15.4. The van der Waals surface area contributed by atoms with Gasteiger partial charge in [-0.15, -0.1) is 10.2 Å². The number of benzene rings is 2. The van der Waals surface area contributed by atoms with Crippen LogP contribution in [0.1, 0.15) is 5.56 Å². The van der Waals surface area contributed by atoms with E-state index in [0.29, 0.717) is 16.4 Å². The van der Waals surface area contributed by atoms with E-state index in [4.69, 9.17) is 0 Å². The van der Waals surface area contributed by atoms with Gasteiger partial charge in [0.05, 0.1) is 28.9 Å². The smallest absolute Gasteiger partial charge is 0.234 e. The van der Waals surface area contributed by atoms with Crippen LogP contribution in [-0.4, -0.2) is 35.2 Å². The number of carbonyl (C=O) groups is 1. The molecule has 2 heterocycles. The lowest BCUT2D eigenvalue weighted by Gasteiger charge is -2.09. The second-order valence-electron chi connectivity index (χ2n) is 5.54. The summed E-state index contributed by atoms with van der Waals surface area (Å²) in [6, 6.07) is 13.5. The number of fused-ring (bicyclic) bond motifs is 1. The Bertz CT molecular complexity index is 1070. The van der Waals surface area contributed by atoms with Gasteiger partial charge in [-0.3, -0.25) is 9.36 Å². The lowest BCUT2D eigenvalue weighted by molar-refractivity contribution is -0.113. The molecule has 2 aromatic carbocycles. The van der Waals surface area contributed by atoms with Crippen LogP contribution in [0.3, 0.4) is 0 Å². The maximum absolute atomic E-state index is 12.4. The van der Waals surface area contributed by atoms with E-state index in [1.54, 1.807) is 6.33 Å². The fraction of sp³-hybridized carbons (Fsp3) is 0.118. The SMILES string of the molecule is Cc1ccccc1-n1cnnc1SCC(=O)Nc1cccc2nsnc12. The predicted octanol–water partition coefficient (Wildman–Crippen LogP) is 3.31. The van der Waals surface area contributed by atoms with E-state index >= 15 is 0 Å². The first-order valence-electron chi connectivity index (χ1n) is 7.82. The maximum Gasteiger partial charge on any atom is 0.234 e. The van der Waals surface area contributed by atoms with Crippen molar-refractivity contribution in [3.05, 3.63) is 54.4 Å². The molecule has 0 aliphatic carbocycles. The highest BCUT2D eigenvalue weighted by Gasteiger charge is 2.13. The molecular formula is C17H14N6OS2. The van der Waals surface area contributed by atoms with Gasteiger partial charge in [0.1, 0.15) is 17.4 Å². The number of amides is 1. The number of nitrogens with one attached hydrogen (secondary N) is 1. The van der Waals surface area contributed by atoms with Crippen molar-refractivity contribution in [2.75, 3.05) is 11.1 Å². The summed E-state index contributed by atoms with van der Waals surface area (Å²) >= 11 is 2.46. The van der Waals surface area contributed by atoms with Crippen LogP contribution >= 0.6 is 23.5 Å². The van der Waals surface area contributed by atoms with Gasteiger partial charge in [-0.25, -0.2) is 0 Å². The fourth-order valence-corrected chi connectivity index (χ4v) is 3.82. The molecule has 0 radical (unpaired) electrons. The lowest BCUT2D eigenvalue weighted by atomic mass is 10.2. The summed E-state index contributed by atoms with van der Waals surface area (Å²) in [6.45, 7) is 2.03. The number of aryl methyl sites for hydroxylation is 1. The number of nitrogens with zero attached hydrogens (tertiary/aromatic N) is 5. The van der Waals surface area contributed by atoms with Crippen molar-refractivity contribution in [1.29, 1.82) is 0 Å². The number of rotatable bonds is 5. The second-order valence-corrected chi connectivity index (χ2v) is 7.02. The van der Waals surface area contributed by atoms with Crippen LogP contribution in [0, 0.1) is 6.92 Å². The molecule has 0 aliphatic heterocycles. The van der Waals surface area contributed by atoms with E-state index in [-0.39, 0.29) is 11.7 Å². The number of hydrogen-bond donors (Lipinski definition) is 1. The highest BCUT2D eigenvalue weighted by molar-refractivity contribution is 7.99. The van der Waals surface area contributed by atoms with Crippen molar-refractivity contribution in [3.8, 4) is 5.69 Å². The molecule has 0 bridgehead atoms. The molecule has 9 heteroatoms. The van der Waals surface area contributed by atoms with Crippen LogP contribution in [0.2, 0.25) is 0 Å². The molecule has 26 heavy (non-hydrogen) atoms. The van der Waals surface area contributed by atoms with Crippen LogP contribution in [-0.2, 0) is 4.79 Å². The third kappa shape index (κ3) is 3.31. The number of hydrogen-bond acceptors (Lipinski definition) is 7. The van der Waals surface area contributed by atoms with Crippen molar-refractivity contribution in [1.82, 2.24) is 23.5 Å². The highest BCUT2D eigenvalue weighted by atomic mass is 32.2. The Morgan fingerprint density at radius 2 is 2.08 bits per heavy atom. The Balaban J connectivity index is 1.47. The quantitative estimate of drug-likeness (QED) is 0.533. The van der Waals surface area contributed by atoms with E-state index in [2.05, 4.69) is 24.3 Å². The first kappa shape index (κ1) is 16.7. The molecule has 1 N–H and O–H groups in total. The minimum Gasteiger partial charge on any atom is -0.323 e. The average molecular weight is 382 g/mol. The number of anilines is 1. The molecule has 130 valence electrons. The largest absolute Gasteiger partial charge is 0.323 e. The molecule has 7 nitrogen and oxygen atoms in total. The molecule has 1 amide bonds. The van der Waals surface area contributed by atoms with E-state index in [9.17, 15) is 4.79 Å². The van der Waals surface area contributed by atoms with Gasteiger partial charge in [0.15, 0.2) is 5.16 Å². The Hall–Kier alpha value is -2.78. The highest BCUT2D eigenvalue weighted by Crippen LogP contribution is 2.24. The summed E-state index contributed by atoms with van der Waals surface area (Å²) in [5, 5.41) is 11.7. The van der Waals surface area contributed by atoms with Gasteiger partial charge in [0.2, 0.25) is 5.91 Å². The van der Waals surface area contributed by atoms with Crippen molar-refractivity contribution in [2.45, 2.75) is 12.1 Å². The van der Waals surface area contributed by atoms with Crippen molar-refractivity contribution in [3.63, 3.8) is 0 Å². The third-order valence-electron chi connectivity index (χ3n) is 3.78. The first-order chi connectivity index (χ1) is 12.7. The summed E-state index contributed by atoms with van der Waals surface area (Å²) in [7, 11) is 0. The van der Waals surface area contributed by atoms with E-state index < -0.39 is 0 Å². The molecule has 0 saturated heterocycles. The van der Waals surface area contributed by atoms with Crippen LogP contribution < -0.4 is 5.32 Å². The van der Waals surface area contributed by atoms with E-state index in [1.165, 1.54) is 11.8 Å². The van der Waals surface area contributed by atoms with Crippen LogP contribution in [0.25, 0.3) is 16.7 Å². The summed E-state index contributed by atoms with van der Waals surface area (Å²) in [5.74, 6) is 0.0910. The molecule has 4 rings (SSSR count). The Labute approximate surface area is 157 Å². The molecule has 0 aliphatic rings. The van der Waals surface area contributed by atoms with Gasteiger partial charge < -0.3 is 5.32 Å². The van der Waals surface area contributed by atoms with Crippen molar-refractivity contribution >= 4 is 46.1 Å². The van der Waals surface area contributed by atoms with Crippen LogP contribution in [0.4, 0.5) is 5.69 Å². The lowest BCUT2D eigenvalue weighted by Crippen LogP contribution is -2.14. The molecular weight excluding hydrogens is 368 g/mol. The van der Waals surface area contributed by atoms with Gasteiger partial charge >= 0.3 is 0 Å². The van der Waals surface area contributed by atoms with Crippen LogP contribution in [0.15, 0.2) is 53.9 Å². The Morgan fingerprint density at radius 3 is 2.96 bits per heavy atom. The van der Waals surface area contributed by atoms with Crippen molar-refractivity contribution in [2.24, 2.45) is 0 Å². The third-order valence-corrected chi connectivity index (χ3v) is 5.27. The molecule has 4 aromatic rings. The molecule has 0 spiro atoms. The summed E-state index contributed by atoms with van der Waals surface area (Å²) in [4.78, 5) is 12.4. The molecule has 0 saturated carbocycles. The molecule has 0 atom stereocenters. The van der Waals surface area contributed by atoms with Gasteiger partial charge in [-0.2, -0.15) is 8.75 Å². The monoisotopic (exact) mass is 382 g/mol. The summed E-state index contributed by atoms with van der Waals surface area (Å²) in [5.41, 5.74) is 4.26. The van der Waals surface area contributed by atoms with Gasteiger partial charge in [-0.05, 0) is 30.7 Å². The van der Waals surface area contributed by atoms with Gasteiger partial charge in [-0.1, -0.05) is 36.0 Å². The standard InChI is InChI=1S/C17H14N6OS2/c1-11-5-2-3-8-14(11)23-10-18-20-17(23)25-9-15(24)19-12-6-4-7-13-16(12)22-26-21-13/h2-8,10H,9H2,1H3,(H,19,24). The molecule has 0 unspecified atom stereocenters. The average Bonchev–Trinajstić information content (AvgIpc) is 3.30. The predicted molar refractivity (Wildman–Crippen MR) is 103 cm³/mol. The normalized spacial score (nSPS) is 11.0. The number of para-hydroxylation sites is 1. The fourth-order valence-electron chi connectivity index (χ4n) is 2.55. The number of carbonyl (C=O) groups excluding carboxylic acids is 1. The van der Waals surface area contributed by atoms with Crippen LogP contribution in [0.5, 0.6) is 0 Å². The number of thioether (sulfide) groups is 1. The Kier molecular flexibility index (Phi) is 4.63. The summed E-state index contributed by atoms with van der Waals surface area (Å²) in [6.07, 6.45) is 1.66. The van der Waals surface area contributed by atoms with E-state index in [0.717, 1.165) is 28.5 Å². The summed E-state index contributed by atoms with van der Waals surface area (Å²) < 4.78 is 10.3. The second kappa shape index (κ2) is 7.22. The van der Waals surface area contributed by atoms with Gasteiger partial charge in [0.25, 0.3) is 0 Å². The first-order valence-corrected chi connectivity index (χ1v) is 9.54.